The molecule has 0 saturated carbocycles. The lowest BCUT2D eigenvalue weighted by atomic mass is 9.80. The molecule has 9 rings (SSSR count). The molecule has 3 nitrogen and oxygen atoms in total. The van der Waals surface area contributed by atoms with Crippen molar-refractivity contribution < 1.29 is 0 Å². The van der Waals surface area contributed by atoms with Crippen molar-refractivity contribution in [2.24, 2.45) is 0 Å². The van der Waals surface area contributed by atoms with Crippen molar-refractivity contribution >= 4 is 10.8 Å². The Hall–Kier alpha value is -6.19. The van der Waals surface area contributed by atoms with E-state index in [0.717, 1.165) is 22.3 Å². The van der Waals surface area contributed by atoms with Gasteiger partial charge in [0.1, 0.15) is 0 Å². The van der Waals surface area contributed by atoms with E-state index in [2.05, 4.69) is 117 Å². The van der Waals surface area contributed by atoms with Gasteiger partial charge >= 0.3 is 0 Å². The monoisotopic (exact) mass is 627 g/mol. The van der Waals surface area contributed by atoms with E-state index in [-0.39, 0.29) is 5.41 Å². The number of benzene rings is 7. The molecule has 49 heavy (non-hydrogen) atoms. The van der Waals surface area contributed by atoms with Gasteiger partial charge in [0, 0.05) is 22.1 Å². The van der Waals surface area contributed by atoms with Crippen LogP contribution in [0.4, 0.5) is 0 Å². The van der Waals surface area contributed by atoms with Crippen LogP contribution in [0.5, 0.6) is 0 Å². The van der Waals surface area contributed by atoms with Gasteiger partial charge in [-0.2, -0.15) is 0 Å². The Bertz CT molecular complexity index is 2440. The molecule has 1 aromatic heterocycles. The number of aromatic nitrogens is 3. The summed E-state index contributed by atoms with van der Waals surface area (Å²) in [6, 6.07) is 58.0. The molecule has 8 aromatic rings. The third-order valence-electron chi connectivity index (χ3n) is 9.95. The predicted molar refractivity (Wildman–Crippen MR) is 202 cm³/mol. The molecule has 1 heterocycles. The van der Waals surface area contributed by atoms with E-state index >= 15 is 0 Å². The first-order chi connectivity index (χ1) is 24.0. The van der Waals surface area contributed by atoms with Gasteiger partial charge < -0.3 is 0 Å². The molecular weight excluding hydrogens is 595 g/mol. The second-order valence-electron chi connectivity index (χ2n) is 13.3. The van der Waals surface area contributed by atoms with Crippen LogP contribution >= 0.6 is 0 Å². The molecule has 0 N–H and O–H groups in total. The van der Waals surface area contributed by atoms with E-state index < -0.39 is 0 Å². The number of hydrogen-bond acceptors (Lipinski definition) is 3. The standard InChI is InChI=1S/C46H33N3/c1-46(2)41-23-12-11-21-37(41)40-28-39(36-22-13-19-30-14-9-10-20-35(30)36)38(29-42(40)46)31-24-26-34(27-25-31)45-48-43(32-15-5-3-6-16-32)47-44(49-45)33-17-7-4-8-18-33/h3-29H,1-2H3. The van der Waals surface area contributed by atoms with Crippen LogP contribution in [0.3, 0.4) is 0 Å². The quantitative estimate of drug-likeness (QED) is 0.191. The second kappa shape index (κ2) is 11.5. The molecule has 1 aliphatic rings. The van der Waals surface area contributed by atoms with Crippen molar-refractivity contribution in [2.45, 2.75) is 19.3 Å². The minimum atomic E-state index is -0.107. The van der Waals surface area contributed by atoms with Crippen LogP contribution in [0.2, 0.25) is 0 Å². The van der Waals surface area contributed by atoms with Crippen LogP contribution in [0.25, 0.3) is 78.3 Å². The number of nitrogens with zero attached hydrogens (tertiary/aromatic N) is 3. The highest BCUT2D eigenvalue weighted by Gasteiger charge is 2.36. The average Bonchev–Trinajstić information content (AvgIpc) is 3.40. The van der Waals surface area contributed by atoms with E-state index in [0.29, 0.717) is 17.5 Å². The first-order valence-electron chi connectivity index (χ1n) is 16.8. The number of hydrogen-bond donors (Lipinski definition) is 0. The normalized spacial score (nSPS) is 12.9. The summed E-state index contributed by atoms with van der Waals surface area (Å²) in [5.74, 6) is 1.97. The van der Waals surface area contributed by atoms with Gasteiger partial charge in [-0.05, 0) is 67.4 Å². The van der Waals surface area contributed by atoms with E-state index in [1.54, 1.807) is 0 Å². The number of fused-ring (bicyclic) bond motifs is 4. The van der Waals surface area contributed by atoms with Crippen molar-refractivity contribution in [2.75, 3.05) is 0 Å². The fraction of sp³-hybridized carbons (Fsp3) is 0.0652. The summed E-state index contributed by atoms with van der Waals surface area (Å²) in [5.41, 5.74) is 13.0. The lowest BCUT2D eigenvalue weighted by molar-refractivity contribution is 0.660. The van der Waals surface area contributed by atoms with Crippen LogP contribution in [0.15, 0.2) is 164 Å². The molecule has 7 aromatic carbocycles. The highest BCUT2D eigenvalue weighted by atomic mass is 15.0. The van der Waals surface area contributed by atoms with Gasteiger partial charge in [-0.25, -0.2) is 15.0 Å². The van der Waals surface area contributed by atoms with Gasteiger partial charge in [0.25, 0.3) is 0 Å². The van der Waals surface area contributed by atoms with Gasteiger partial charge in [0.05, 0.1) is 0 Å². The fourth-order valence-corrected chi connectivity index (χ4v) is 7.41. The molecular formula is C46H33N3. The van der Waals surface area contributed by atoms with Crippen molar-refractivity contribution in [3.8, 4) is 67.5 Å². The molecule has 3 heteroatoms. The molecule has 0 spiro atoms. The van der Waals surface area contributed by atoms with Crippen LogP contribution in [-0.2, 0) is 5.41 Å². The third kappa shape index (κ3) is 4.94. The molecule has 0 fully saturated rings. The first-order valence-corrected chi connectivity index (χ1v) is 16.8. The Kier molecular flexibility index (Phi) is 6.80. The minimum Gasteiger partial charge on any atom is -0.208 e. The van der Waals surface area contributed by atoms with Crippen molar-refractivity contribution in [1.82, 2.24) is 15.0 Å². The molecule has 0 aliphatic heterocycles. The summed E-state index contributed by atoms with van der Waals surface area (Å²) in [6.45, 7) is 4.69. The minimum absolute atomic E-state index is 0.107. The van der Waals surface area contributed by atoms with E-state index in [4.69, 9.17) is 15.0 Å². The predicted octanol–water partition coefficient (Wildman–Crippen LogP) is 11.7. The SMILES string of the molecule is CC1(C)c2ccccc2-c2cc(-c3cccc4ccccc34)c(-c3ccc(-c4nc(-c5ccccc5)nc(-c5ccccc5)n4)cc3)cc21. The topological polar surface area (TPSA) is 38.7 Å². The van der Waals surface area contributed by atoms with Gasteiger partial charge in [-0.3, -0.25) is 0 Å². The van der Waals surface area contributed by atoms with Crippen LogP contribution in [0.1, 0.15) is 25.0 Å². The summed E-state index contributed by atoms with van der Waals surface area (Å²) in [6.07, 6.45) is 0. The smallest absolute Gasteiger partial charge is 0.164 e. The maximum atomic E-state index is 4.97. The zero-order valence-electron chi connectivity index (χ0n) is 27.4. The molecule has 0 atom stereocenters. The zero-order valence-corrected chi connectivity index (χ0v) is 27.4. The molecule has 0 saturated heterocycles. The lowest BCUT2D eigenvalue weighted by Crippen LogP contribution is -2.15. The first kappa shape index (κ1) is 29.0. The van der Waals surface area contributed by atoms with Crippen molar-refractivity contribution in [3.63, 3.8) is 0 Å². The van der Waals surface area contributed by atoms with Crippen molar-refractivity contribution in [3.05, 3.63) is 175 Å². The third-order valence-corrected chi connectivity index (χ3v) is 9.95. The summed E-state index contributed by atoms with van der Waals surface area (Å²) in [7, 11) is 0. The Morgan fingerprint density at radius 1 is 0.347 bits per heavy atom. The maximum absolute atomic E-state index is 4.97. The molecule has 0 unspecified atom stereocenters. The van der Waals surface area contributed by atoms with E-state index in [9.17, 15) is 0 Å². The highest BCUT2D eigenvalue weighted by molar-refractivity contribution is 6.02. The van der Waals surface area contributed by atoms with Gasteiger partial charge in [-0.1, -0.05) is 166 Å². The van der Waals surface area contributed by atoms with E-state index in [1.165, 1.54) is 49.7 Å². The Balaban J connectivity index is 1.22. The molecule has 0 amide bonds. The largest absolute Gasteiger partial charge is 0.208 e. The molecule has 0 bridgehead atoms. The number of rotatable bonds is 5. The van der Waals surface area contributed by atoms with Crippen LogP contribution < -0.4 is 0 Å². The van der Waals surface area contributed by atoms with Crippen molar-refractivity contribution in [1.29, 1.82) is 0 Å². The van der Waals surface area contributed by atoms with Gasteiger partial charge in [-0.15, -0.1) is 0 Å². The fourth-order valence-electron chi connectivity index (χ4n) is 7.41. The summed E-state index contributed by atoms with van der Waals surface area (Å²) >= 11 is 0. The Labute approximate surface area is 286 Å². The van der Waals surface area contributed by atoms with Gasteiger partial charge in [0.2, 0.25) is 0 Å². The zero-order chi connectivity index (χ0) is 33.0. The second-order valence-corrected chi connectivity index (χ2v) is 13.3. The lowest BCUT2D eigenvalue weighted by Gasteiger charge is -2.23. The Morgan fingerprint density at radius 3 is 1.53 bits per heavy atom. The molecule has 1 aliphatic carbocycles. The van der Waals surface area contributed by atoms with Crippen LogP contribution in [0, 0.1) is 0 Å². The molecule has 232 valence electrons. The molecule has 0 radical (unpaired) electrons. The summed E-state index contributed by atoms with van der Waals surface area (Å²) < 4.78 is 0. The summed E-state index contributed by atoms with van der Waals surface area (Å²) in [5, 5.41) is 2.49. The van der Waals surface area contributed by atoms with Crippen LogP contribution in [-0.4, -0.2) is 15.0 Å². The highest BCUT2D eigenvalue weighted by Crippen LogP contribution is 2.52. The average molecular weight is 628 g/mol. The summed E-state index contributed by atoms with van der Waals surface area (Å²) in [4.78, 5) is 14.8. The Morgan fingerprint density at radius 2 is 0.857 bits per heavy atom. The van der Waals surface area contributed by atoms with E-state index in [1.807, 2.05) is 60.7 Å². The van der Waals surface area contributed by atoms with Gasteiger partial charge in [0.15, 0.2) is 17.5 Å². The maximum Gasteiger partial charge on any atom is 0.164 e.